The van der Waals surface area contributed by atoms with E-state index in [1.165, 1.54) is 0 Å². The number of rotatable bonds is 4. The molecule has 1 amide bonds. The number of amides is 1. The Balaban J connectivity index is 1.85. The third-order valence-electron chi connectivity index (χ3n) is 4.03. The van der Waals surface area contributed by atoms with Gasteiger partial charge in [0, 0.05) is 25.4 Å². The Morgan fingerprint density at radius 2 is 2.15 bits per heavy atom. The number of carbonyl (C=O) groups is 1. The smallest absolute Gasteiger partial charge is 0.257 e. The summed E-state index contributed by atoms with van der Waals surface area (Å²) < 4.78 is 3.48. The maximum atomic E-state index is 12.9. The van der Waals surface area contributed by atoms with E-state index < -0.39 is 0 Å². The van der Waals surface area contributed by atoms with Crippen LogP contribution >= 0.6 is 11.3 Å². The van der Waals surface area contributed by atoms with Crippen LogP contribution in [-0.4, -0.2) is 30.5 Å². The van der Waals surface area contributed by atoms with E-state index in [1.54, 1.807) is 34.5 Å². The minimum Gasteiger partial charge on any atom is -0.305 e. The monoisotopic (exact) mass is 366 g/mol. The largest absolute Gasteiger partial charge is 0.305 e. The van der Waals surface area contributed by atoms with E-state index in [0.717, 1.165) is 16.0 Å². The molecular formula is C18H18N6OS. The highest BCUT2D eigenvalue weighted by atomic mass is 32.1. The number of hydrogen-bond donors (Lipinski definition) is 1. The van der Waals surface area contributed by atoms with Gasteiger partial charge in [-0.05, 0) is 31.4 Å². The highest BCUT2D eigenvalue weighted by Crippen LogP contribution is 2.29. The fraction of sp³-hybridized carbons (Fsp3) is 0.222. The number of carbonyl (C=O) groups excluding carboxylic acids is 1. The van der Waals surface area contributed by atoms with Crippen LogP contribution in [-0.2, 0) is 7.05 Å². The molecule has 4 aromatic rings. The van der Waals surface area contributed by atoms with Crippen molar-refractivity contribution in [2.75, 3.05) is 5.32 Å². The highest BCUT2D eigenvalue weighted by molar-refractivity contribution is 7.13. The van der Waals surface area contributed by atoms with Crippen LogP contribution in [0.1, 0.15) is 30.2 Å². The molecule has 4 aromatic heterocycles. The molecule has 0 bridgehead atoms. The van der Waals surface area contributed by atoms with Crippen LogP contribution in [0.5, 0.6) is 0 Å². The van der Waals surface area contributed by atoms with Crippen molar-refractivity contribution in [3.05, 3.63) is 47.6 Å². The second-order valence-corrected chi connectivity index (χ2v) is 7.23. The Morgan fingerprint density at radius 3 is 2.81 bits per heavy atom. The minimum atomic E-state index is -0.225. The van der Waals surface area contributed by atoms with Gasteiger partial charge >= 0.3 is 0 Å². The summed E-state index contributed by atoms with van der Waals surface area (Å²) in [6.07, 6.45) is 3.49. The van der Waals surface area contributed by atoms with Crippen LogP contribution in [0.3, 0.4) is 0 Å². The highest BCUT2D eigenvalue weighted by Gasteiger charge is 2.19. The van der Waals surface area contributed by atoms with Gasteiger partial charge in [-0.15, -0.1) is 11.3 Å². The first-order chi connectivity index (χ1) is 12.5. The van der Waals surface area contributed by atoms with Gasteiger partial charge < -0.3 is 5.32 Å². The van der Waals surface area contributed by atoms with Crippen molar-refractivity contribution in [2.45, 2.75) is 19.9 Å². The molecule has 0 radical (unpaired) electrons. The van der Waals surface area contributed by atoms with E-state index in [4.69, 9.17) is 4.98 Å². The number of nitrogens with zero attached hydrogens (tertiary/aromatic N) is 5. The second-order valence-electron chi connectivity index (χ2n) is 6.28. The standard InChI is InChI=1S/C18H18N6OS/c1-11(2)24-17-13(10-19-24)12(9-14(20-17)15-5-4-8-26-15)18(25)21-16-6-7-23(3)22-16/h4-11H,1-3H3,(H,21,22,25). The van der Waals surface area contributed by atoms with Gasteiger partial charge in [-0.3, -0.25) is 9.48 Å². The van der Waals surface area contributed by atoms with Crippen LogP contribution < -0.4 is 5.32 Å². The van der Waals surface area contributed by atoms with E-state index in [2.05, 4.69) is 15.5 Å². The number of aromatic nitrogens is 5. The van der Waals surface area contributed by atoms with Crippen LogP contribution in [0.25, 0.3) is 21.6 Å². The first-order valence-electron chi connectivity index (χ1n) is 8.26. The second kappa shape index (κ2) is 6.38. The van der Waals surface area contributed by atoms with Crippen LogP contribution in [0.15, 0.2) is 42.0 Å². The summed E-state index contributed by atoms with van der Waals surface area (Å²) >= 11 is 1.59. The molecule has 0 spiro atoms. The molecule has 0 aromatic carbocycles. The molecule has 0 unspecified atom stereocenters. The van der Waals surface area contributed by atoms with Gasteiger partial charge in [0.15, 0.2) is 11.5 Å². The number of nitrogens with one attached hydrogen (secondary N) is 1. The average molecular weight is 366 g/mol. The van der Waals surface area contributed by atoms with Crippen molar-refractivity contribution >= 4 is 34.1 Å². The molecule has 0 saturated carbocycles. The van der Waals surface area contributed by atoms with E-state index in [1.807, 2.05) is 49.2 Å². The number of fused-ring (bicyclic) bond motifs is 1. The molecule has 4 heterocycles. The van der Waals surface area contributed by atoms with E-state index in [9.17, 15) is 4.79 Å². The SMILES string of the molecule is CC(C)n1ncc2c(C(=O)Nc3ccn(C)n3)cc(-c3cccs3)nc21. The summed E-state index contributed by atoms with van der Waals surface area (Å²) in [5, 5.41) is 14.2. The molecule has 0 fully saturated rings. The lowest BCUT2D eigenvalue weighted by molar-refractivity contribution is 0.102. The number of pyridine rings is 1. The fourth-order valence-corrected chi connectivity index (χ4v) is 3.49. The normalized spacial score (nSPS) is 11.4. The molecule has 8 heteroatoms. The minimum absolute atomic E-state index is 0.144. The number of aryl methyl sites for hydroxylation is 1. The Kier molecular flexibility index (Phi) is 4.04. The predicted molar refractivity (Wildman–Crippen MR) is 102 cm³/mol. The van der Waals surface area contributed by atoms with E-state index >= 15 is 0 Å². The van der Waals surface area contributed by atoms with Crippen molar-refractivity contribution in [1.29, 1.82) is 0 Å². The lowest BCUT2D eigenvalue weighted by atomic mass is 10.1. The quantitative estimate of drug-likeness (QED) is 0.597. The summed E-state index contributed by atoms with van der Waals surface area (Å²) in [7, 11) is 1.81. The van der Waals surface area contributed by atoms with Crippen molar-refractivity contribution in [3.8, 4) is 10.6 Å². The zero-order chi connectivity index (χ0) is 18.3. The van der Waals surface area contributed by atoms with Crippen molar-refractivity contribution in [3.63, 3.8) is 0 Å². The van der Waals surface area contributed by atoms with Gasteiger partial charge in [0.1, 0.15) is 0 Å². The Labute approximate surface area is 154 Å². The number of hydrogen-bond acceptors (Lipinski definition) is 5. The Bertz CT molecular complexity index is 1080. The number of anilines is 1. The maximum Gasteiger partial charge on any atom is 0.257 e. The lowest BCUT2D eigenvalue weighted by Gasteiger charge is -2.10. The molecule has 4 rings (SSSR count). The zero-order valence-corrected chi connectivity index (χ0v) is 15.5. The summed E-state index contributed by atoms with van der Waals surface area (Å²) in [6.45, 7) is 4.08. The predicted octanol–water partition coefficient (Wildman–Crippen LogP) is 3.73. The topological polar surface area (TPSA) is 77.6 Å². The molecule has 132 valence electrons. The summed E-state index contributed by atoms with van der Waals surface area (Å²) in [5.74, 6) is 0.286. The van der Waals surface area contributed by atoms with Crippen LogP contribution in [0, 0.1) is 0 Å². The molecule has 26 heavy (non-hydrogen) atoms. The summed E-state index contributed by atoms with van der Waals surface area (Å²) in [6, 6.07) is 7.69. The third-order valence-corrected chi connectivity index (χ3v) is 4.92. The van der Waals surface area contributed by atoms with Crippen molar-refractivity contribution in [1.82, 2.24) is 24.5 Å². The van der Waals surface area contributed by atoms with E-state index in [-0.39, 0.29) is 11.9 Å². The maximum absolute atomic E-state index is 12.9. The van der Waals surface area contributed by atoms with Gasteiger partial charge in [0.05, 0.1) is 27.7 Å². The molecule has 0 aliphatic carbocycles. The van der Waals surface area contributed by atoms with Gasteiger partial charge in [0.2, 0.25) is 0 Å². The molecule has 0 aliphatic heterocycles. The Hall–Kier alpha value is -3.00. The first kappa shape index (κ1) is 16.5. The van der Waals surface area contributed by atoms with Gasteiger partial charge in [-0.25, -0.2) is 9.67 Å². The number of thiophene rings is 1. The van der Waals surface area contributed by atoms with Crippen molar-refractivity contribution < 1.29 is 4.79 Å². The van der Waals surface area contributed by atoms with Gasteiger partial charge in [-0.2, -0.15) is 10.2 Å². The van der Waals surface area contributed by atoms with Gasteiger partial charge in [0.25, 0.3) is 5.91 Å². The van der Waals surface area contributed by atoms with Crippen LogP contribution in [0.2, 0.25) is 0 Å². The molecule has 0 aliphatic rings. The fourth-order valence-electron chi connectivity index (χ4n) is 2.80. The lowest BCUT2D eigenvalue weighted by Crippen LogP contribution is -2.14. The summed E-state index contributed by atoms with van der Waals surface area (Å²) in [5.41, 5.74) is 2.01. The Morgan fingerprint density at radius 1 is 1.31 bits per heavy atom. The molecule has 1 N–H and O–H groups in total. The molecule has 7 nitrogen and oxygen atoms in total. The summed E-state index contributed by atoms with van der Waals surface area (Å²) in [4.78, 5) is 18.7. The molecule has 0 atom stereocenters. The third kappa shape index (κ3) is 2.88. The first-order valence-corrected chi connectivity index (χ1v) is 9.14. The van der Waals surface area contributed by atoms with E-state index in [0.29, 0.717) is 17.0 Å². The van der Waals surface area contributed by atoms with Crippen LogP contribution in [0.4, 0.5) is 5.82 Å². The van der Waals surface area contributed by atoms with Crippen molar-refractivity contribution in [2.24, 2.45) is 7.05 Å². The molecule has 0 saturated heterocycles. The zero-order valence-electron chi connectivity index (χ0n) is 14.7. The molecular weight excluding hydrogens is 348 g/mol. The van der Waals surface area contributed by atoms with Gasteiger partial charge in [-0.1, -0.05) is 6.07 Å². The average Bonchev–Trinajstić information content (AvgIpc) is 3.33.